The van der Waals surface area contributed by atoms with Crippen LogP contribution in [0.1, 0.15) is 11.1 Å². The highest BCUT2D eigenvalue weighted by atomic mass is 32.2. The van der Waals surface area contributed by atoms with Crippen molar-refractivity contribution < 1.29 is 27.1 Å². The Morgan fingerprint density at radius 3 is 2.67 bits per heavy atom. The highest BCUT2D eigenvalue weighted by molar-refractivity contribution is 7.89. The Labute approximate surface area is 175 Å². The molecule has 0 aromatic heterocycles. The van der Waals surface area contributed by atoms with E-state index in [1.54, 1.807) is 30.3 Å². The Morgan fingerprint density at radius 2 is 1.97 bits per heavy atom. The third kappa shape index (κ3) is 5.24. The molecule has 7 nitrogen and oxygen atoms in total. The molecule has 1 aliphatic heterocycles. The van der Waals surface area contributed by atoms with Gasteiger partial charge >= 0.3 is 0 Å². The molecule has 0 saturated carbocycles. The van der Waals surface area contributed by atoms with Crippen LogP contribution in [0.5, 0.6) is 5.75 Å². The van der Waals surface area contributed by atoms with Crippen molar-refractivity contribution in [3.63, 3.8) is 0 Å². The molecule has 0 radical (unpaired) electrons. The Bertz CT molecular complexity index is 1030. The standard InChI is InChI=1S/C21H23FN2O5S/c1-28-19-8-6-16(14-20(19)30(26,27)24-10-12-29-13-11-24)7-9-21(25)23-15-17-4-2-3-5-18(17)22/h2-9,14H,10-13,15H2,1H3,(H,23,25). The van der Waals surface area contributed by atoms with Gasteiger partial charge in [-0.2, -0.15) is 4.31 Å². The number of benzene rings is 2. The molecule has 9 heteroatoms. The van der Waals surface area contributed by atoms with Gasteiger partial charge in [0.05, 0.1) is 20.3 Å². The first-order chi connectivity index (χ1) is 14.4. The summed E-state index contributed by atoms with van der Waals surface area (Å²) in [4.78, 5) is 12.1. The third-order valence-corrected chi connectivity index (χ3v) is 6.53. The van der Waals surface area contributed by atoms with E-state index in [-0.39, 0.29) is 30.3 Å². The van der Waals surface area contributed by atoms with E-state index in [0.717, 1.165) is 0 Å². The number of ether oxygens (including phenoxy) is 2. The number of hydrogen-bond donors (Lipinski definition) is 1. The van der Waals surface area contributed by atoms with E-state index >= 15 is 0 Å². The minimum atomic E-state index is -3.76. The predicted octanol–water partition coefficient (Wildman–Crippen LogP) is 2.18. The van der Waals surface area contributed by atoms with Gasteiger partial charge in [0.25, 0.3) is 0 Å². The molecule has 2 aromatic carbocycles. The van der Waals surface area contributed by atoms with E-state index in [2.05, 4.69) is 5.32 Å². The Morgan fingerprint density at radius 1 is 1.23 bits per heavy atom. The zero-order valence-electron chi connectivity index (χ0n) is 16.5. The van der Waals surface area contributed by atoms with Crippen LogP contribution in [0.4, 0.5) is 4.39 Å². The zero-order chi connectivity index (χ0) is 21.6. The Hall–Kier alpha value is -2.75. The molecule has 0 atom stereocenters. The molecule has 2 aromatic rings. The monoisotopic (exact) mass is 434 g/mol. The van der Waals surface area contributed by atoms with Crippen molar-refractivity contribution in [3.05, 3.63) is 65.5 Å². The number of sulfonamides is 1. The molecule has 0 bridgehead atoms. The summed E-state index contributed by atoms with van der Waals surface area (Å²) in [5, 5.41) is 2.60. The van der Waals surface area contributed by atoms with E-state index in [9.17, 15) is 17.6 Å². The number of rotatable bonds is 7. The number of methoxy groups -OCH3 is 1. The lowest BCUT2D eigenvalue weighted by atomic mass is 10.2. The van der Waals surface area contributed by atoms with Gasteiger partial charge in [-0.05, 0) is 29.8 Å². The van der Waals surface area contributed by atoms with Crippen molar-refractivity contribution in [2.45, 2.75) is 11.4 Å². The molecule has 3 rings (SSSR count). The van der Waals surface area contributed by atoms with Gasteiger partial charge in [-0.15, -0.1) is 0 Å². The number of nitrogens with zero attached hydrogens (tertiary/aromatic N) is 1. The van der Waals surface area contributed by atoms with Crippen molar-refractivity contribution in [1.29, 1.82) is 0 Å². The second-order valence-corrected chi connectivity index (χ2v) is 8.48. The van der Waals surface area contributed by atoms with Gasteiger partial charge in [-0.1, -0.05) is 24.3 Å². The van der Waals surface area contributed by atoms with Crippen LogP contribution in [-0.2, 0) is 26.1 Å². The van der Waals surface area contributed by atoms with E-state index in [1.807, 2.05) is 0 Å². The van der Waals surface area contributed by atoms with Gasteiger partial charge in [-0.25, -0.2) is 12.8 Å². The van der Waals surface area contributed by atoms with Crippen LogP contribution in [0.3, 0.4) is 0 Å². The third-order valence-electron chi connectivity index (χ3n) is 4.61. The second-order valence-electron chi connectivity index (χ2n) is 6.57. The first-order valence-electron chi connectivity index (χ1n) is 9.37. The smallest absolute Gasteiger partial charge is 0.246 e. The van der Waals surface area contributed by atoms with Gasteiger partial charge in [0.15, 0.2) is 0 Å². The van der Waals surface area contributed by atoms with Crippen LogP contribution in [0.15, 0.2) is 53.4 Å². The van der Waals surface area contributed by atoms with Crippen LogP contribution in [0.25, 0.3) is 6.08 Å². The Kier molecular flexibility index (Phi) is 7.20. The van der Waals surface area contributed by atoms with Crippen molar-refractivity contribution in [1.82, 2.24) is 9.62 Å². The second kappa shape index (κ2) is 9.84. The van der Waals surface area contributed by atoms with E-state index < -0.39 is 21.7 Å². The van der Waals surface area contributed by atoms with Gasteiger partial charge in [0, 0.05) is 31.3 Å². The van der Waals surface area contributed by atoms with Crippen molar-refractivity contribution in [3.8, 4) is 5.75 Å². The number of nitrogens with one attached hydrogen (secondary N) is 1. The average Bonchev–Trinajstić information content (AvgIpc) is 2.77. The van der Waals surface area contributed by atoms with E-state index in [4.69, 9.17) is 9.47 Å². The number of amides is 1. The number of halogens is 1. The maximum absolute atomic E-state index is 13.6. The maximum Gasteiger partial charge on any atom is 0.246 e. The van der Waals surface area contributed by atoms with Crippen molar-refractivity contribution in [2.24, 2.45) is 0 Å². The summed E-state index contributed by atoms with van der Waals surface area (Å²) in [5.74, 6) is -0.593. The van der Waals surface area contributed by atoms with E-state index in [1.165, 1.54) is 35.7 Å². The molecule has 30 heavy (non-hydrogen) atoms. The lowest BCUT2D eigenvalue weighted by molar-refractivity contribution is -0.116. The SMILES string of the molecule is COc1ccc(C=CC(=O)NCc2ccccc2F)cc1S(=O)(=O)N1CCOCC1. The molecule has 0 aliphatic carbocycles. The number of carbonyl (C=O) groups excluding carboxylic acids is 1. The Balaban J connectivity index is 1.74. The fraction of sp³-hybridized carbons (Fsp3) is 0.286. The summed E-state index contributed by atoms with van der Waals surface area (Å²) >= 11 is 0. The van der Waals surface area contributed by atoms with E-state index in [0.29, 0.717) is 24.3 Å². The average molecular weight is 434 g/mol. The van der Waals surface area contributed by atoms with Crippen LogP contribution in [0, 0.1) is 5.82 Å². The minimum absolute atomic E-state index is 0.0285. The lowest BCUT2D eigenvalue weighted by Gasteiger charge is -2.26. The van der Waals surface area contributed by atoms with Crippen molar-refractivity contribution >= 4 is 22.0 Å². The predicted molar refractivity (Wildman–Crippen MR) is 110 cm³/mol. The lowest BCUT2D eigenvalue weighted by Crippen LogP contribution is -2.40. The largest absolute Gasteiger partial charge is 0.495 e. The molecule has 0 unspecified atom stereocenters. The number of carbonyl (C=O) groups is 1. The molecule has 0 spiro atoms. The number of morpholine rings is 1. The fourth-order valence-corrected chi connectivity index (χ4v) is 4.58. The summed E-state index contributed by atoms with van der Waals surface area (Å²) < 4.78 is 51.4. The summed E-state index contributed by atoms with van der Waals surface area (Å²) in [7, 11) is -2.36. The normalized spacial score (nSPS) is 15.3. The highest BCUT2D eigenvalue weighted by Gasteiger charge is 2.29. The van der Waals surface area contributed by atoms with Crippen LogP contribution >= 0.6 is 0 Å². The van der Waals surface area contributed by atoms with Gasteiger partial charge in [-0.3, -0.25) is 4.79 Å². The van der Waals surface area contributed by atoms with Crippen LogP contribution < -0.4 is 10.1 Å². The van der Waals surface area contributed by atoms with Crippen LogP contribution in [0.2, 0.25) is 0 Å². The molecule has 1 amide bonds. The zero-order valence-corrected chi connectivity index (χ0v) is 17.3. The summed E-state index contributed by atoms with van der Waals surface area (Å²) in [5.41, 5.74) is 0.895. The molecule has 1 fully saturated rings. The molecule has 1 heterocycles. The highest BCUT2D eigenvalue weighted by Crippen LogP contribution is 2.28. The fourth-order valence-electron chi connectivity index (χ4n) is 2.98. The first-order valence-corrected chi connectivity index (χ1v) is 10.8. The molecular weight excluding hydrogens is 411 g/mol. The molecule has 1 saturated heterocycles. The number of hydrogen-bond acceptors (Lipinski definition) is 5. The van der Waals surface area contributed by atoms with Gasteiger partial charge in [0.2, 0.25) is 15.9 Å². The summed E-state index contributed by atoms with van der Waals surface area (Å²) in [6.45, 7) is 1.26. The van der Waals surface area contributed by atoms with Crippen molar-refractivity contribution in [2.75, 3.05) is 33.4 Å². The molecular formula is C21H23FN2O5S. The molecule has 160 valence electrons. The summed E-state index contributed by atoms with van der Waals surface area (Å²) in [6.07, 6.45) is 2.77. The minimum Gasteiger partial charge on any atom is -0.495 e. The maximum atomic E-state index is 13.6. The molecule has 1 N–H and O–H groups in total. The van der Waals surface area contributed by atoms with Gasteiger partial charge in [0.1, 0.15) is 16.5 Å². The summed E-state index contributed by atoms with van der Waals surface area (Å²) in [6, 6.07) is 10.8. The topological polar surface area (TPSA) is 84.9 Å². The first kappa shape index (κ1) is 21.9. The molecule has 1 aliphatic rings. The quantitative estimate of drug-likeness (QED) is 0.676. The van der Waals surface area contributed by atoms with Crippen LogP contribution in [-0.4, -0.2) is 52.0 Å². The van der Waals surface area contributed by atoms with Gasteiger partial charge < -0.3 is 14.8 Å².